The van der Waals surface area contributed by atoms with Crippen molar-refractivity contribution in [1.29, 1.82) is 0 Å². The minimum absolute atomic E-state index is 0.355. The lowest BCUT2D eigenvalue weighted by Crippen LogP contribution is -2.20. The Labute approximate surface area is 127 Å². The third kappa shape index (κ3) is 3.16. The lowest BCUT2D eigenvalue weighted by molar-refractivity contribution is 0.262. The molecular weight excluding hydrogens is 290 g/mol. The van der Waals surface area contributed by atoms with Crippen molar-refractivity contribution in [3.8, 4) is 0 Å². The van der Waals surface area contributed by atoms with Gasteiger partial charge in [0.25, 0.3) is 0 Å². The van der Waals surface area contributed by atoms with E-state index < -0.39 is 0 Å². The van der Waals surface area contributed by atoms with Crippen LogP contribution in [0.3, 0.4) is 0 Å². The standard InChI is InChI=1S/C14H16ClN5O/c1-2-8-5-6-11(18-13(8)15)19-14(21)17-10-7-16-20-12(10)9-3-4-9/h5-7,9H,2-4H2,1H3,(H,16,20)(H2,17,18,19,21). The molecule has 0 radical (unpaired) electrons. The summed E-state index contributed by atoms with van der Waals surface area (Å²) in [6, 6.07) is 3.24. The number of carbonyl (C=O) groups excluding carboxylic acids is 1. The zero-order chi connectivity index (χ0) is 14.8. The van der Waals surface area contributed by atoms with Crippen LogP contribution in [0.4, 0.5) is 16.3 Å². The minimum atomic E-state index is -0.355. The molecule has 0 saturated heterocycles. The highest BCUT2D eigenvalue weighted by Crippen LogP contribution is 2.42. The largest absolute Gasteiger partial charge is 0.324 e. The first-order valence-corrected chi connectivity index (χ1v) is 7.32. The van der Waals surface area contributed by atoms with Gasteiger partial charge in [-0.2, -0.15) is 5.10 Å². The van der Waals surface area contributed by atoms with Crippen molar-refractivity contribution in [2.24, 2.45) is 0 Å². The fourth-order valence-corrected chi connectivity index (χ4v) is 2.43. The number of hydrogen-bond acceptors (Lipinski definition) is 3. The fraction of sp³-hybridized carbons (Fsp3) is 0.357. The monoisotopic (exact) mass is 305 g/mol. The molecule has 3 rings (SSSR count). The number of carbonyl (C=O) groups is 1. The maximum Gasteiger partial charge on any atom is 0.324 e. The van der Waals surface area contributed by atoms with Crippen molar-refractivity contribution in [3.63, 3.8) is 0 Å². The van der Waals surface area contributed by atoms with Crippen LogP contribution in [0.15, 0.2) is 18.3 Å². The van der Waals surface area contributed by atoms with E-state index in [0.29, 0.717) is 22.6 Å². The topological polar surface area (TPSA) is 82.7 Å². The molecule has 21 heavy (non-hydrogen) atoms. The Morgan fingerprint density at radius 1 is 1.43 bits per heavy atom. The van der Waals surface area contributed by atoms with Crippen LogP contribution in [-0.4, -0.2) is 21.2 Å². The summed E-state index contributed by atoms with van der Waals surface area (Å²) in [5.41, 5.74) is 2.65. The predicted octanol–water partition coefficient (Wildman–Crippen LogP) is 3.54. The van der Waals surface area contributed by atoms with Crippen LogP contribution in [0.5, 0.6) is 0 Å². The van der Waals surface area contributed by atoms with E-state index in [9.17, 15) is 4.79 Å². The molecule has 0 spiro atoms. The van der Waals surface area contributed by atoms with Gasteiger partial charge in [0.1, 0.15) is 11.0 Å². The average Bonchev–Trinajstić information content (AvgIpc) is 3.20. The molecule has 1 fully saturated rings. The van der Waals surface area contributed by atoms with Crippen LogP contribution in [0.1, 0.15) is 36.9 Å². The number of amides is 2. The lowest BCUT2D eigenvalue weighted by Gasteiger charge is -2.08. The van der Waals surface area contributed by atoms with Crippen molar-refractivity contribution in [1.82, 2.24) is 15.2 Å². The second-order valence-electron chi connectivity index (χ2n) is 5.05. The molecule has 7 heteroatoms. The zero-order valence-electron chi connectivity index (χ0n) is 11.6. The highest BCUT2D eigenvalue weighted by Gasteiger charge is 2.28. The van der Waals surface area contributed by atoms with Gasteiger partial charge < -0.3 is 5.32 Å². The number of aryl methyl sites for hydroxylation is 1. The van der Waals surface area contributed by atoms with Gasteiger partial charge in [-0.05, 0) is 30.9 Å². The number of nitrogens with one attached hydrogen (secondary N) is 3. The Hall–Kier alpha value is -2.08. The summed E-state index contributed by atoms with van der Waals surface area (Å²) in [7, 11) is 0. The Balaban J connectivity index is 1.66. The molecule has 0 atom stereocenters. The second kappa shape index (κ2) is 5.73. The van der Waals surface area contributed by atoms with E-state index in [1.807, 2.05) is 13.0 Å². The first kappa shape index (κ1) is 13.9. The zero-order valence-corrected chi connectivity index (χ0v) is 12.4. The van der Waals surface area contributed by atoms with Crippen LogP contribution in [0.2, 0.25) is 5.15 Å². The predicted molar refractivity (Wildman–Crippen MR) is 81.8 cm³/mol. The van der Waals surface area contributed by atoms with Gasteiger partial charge in [0.15, 0.2) is 0 Å². The number of aromatic nitrogens is 3. The quantitative estimate of drug-likeness (QED) is 0.755. The van der Waals surface area contributed by atoms with Crippen LogP contribution in [-0.2, 0) is 6.42 Å². The molecule has 0 aromatic carbocycles. The summed E-state index contributed by atoms with van der Waals surface area (Å²) in [5.74, 6) is 0.908. The first-order valence-electron chi connectivity index (χ1n) is 6.94. The smallest absolute Gasteiger partial charge is 0.305 e. The number of nitrogens with zero attached hydrogens (tertiary/aromatic N) is 2. The van der Waals surface area contributed by atoms with Gasteiger partial charge in [0.05, 0.1) is 17.6 Å². The van der Waals surface area contributed by atoms with Gasteiger partial charge in [-0.3, -0.25) is 10.4 Å². The molecular formula is C14H16ClN5O. The molecule has 1 saturated carbocycles. The van der Waals surface area contributed by atoms with Crippen molar-refractivity contribution in [2.45, 2.75) is 32.1 Å². The van der Waals surface area contributed by atoms with E-state index in [0.717, 1.165) is 30.5 Å². The number of pyridine rings is 1. The minimum Gasteiger partial charge on any atom is -0.305 e. The molecule has 6 nitrogen and oxygen atoms in total. The number of aromatic amines is 1. The lowest BCUT2D eigenvalue weighted by atomic mass is 10.2. The number of anilines is 2. The number of hydrogen-bond donors (Lipinski definition) is 3. The van der Waals surface area contributed by atoms with Crippen LogP contribution >= 0.6 is 11.6 Å². The number of halogens is 1. The van der Waals surface area contributed by atoms with Crippen LogP contribution in [0, 0.1) is 0 Å². The van der Waals surface area contributed by atoms with Crippen molar-refractivity contribution in [2.75, 3.05) is 10.6 Å². The Morgan fingerprint density at radius 2 is 2.24 bits per heavy atom. The Bertz CT molecular complexity index is 665. The Kier molecular flexibility index (Phi) is 3.79. The van der Waals surface area contributed by atoms with E-state index in [1.54, 1.807) is 12.3 Å². The molecule has 2 amide bonds. The summed E-state index contributed by atoms with van der Waals surface area (Å²) in [5, 5.41) is 12.8. The van der Waals surface area contributed by atoms with Gasteiger partial charge in [-0.25, -0.2) is 9.78 Å². The molecule has 2 heterocycles. The molecule has 3 N–H and O–H groups in total. The summed E-state index contributed by atoms with van der Waals surface area (Å²) in [6.45, 7) is 2.00. The highest BCUT2D eigenvalue weighted by molar-refractivity contribution is 6.30. The summed E-state index contributed by atoms with van der Waals surface area (Å²) >= 11 is 6.03. The molecule has 0 bridgehead atoms. The fourth-order valence-electron chi connectivity index (χ4n) is 2.15. The Morgan fingerprint density at radius 3 is 2.90 bits per heavy atom. The molecule has 1 aliphatic rings. The number of rotatable bonds is 4. The third-order valence-corrected chi connectivity index (χ3v) is 3.78. The summed E-state index contributed by atoms with van der Waals surface area (Å²) in [4.78, 5) is 16.1. The van der Waals surface area contributed by atoms with Gasteiger partial charge in [-0.15, -0.1) is 0 Å². The molecule has 110 valence electrons. The molecule has 0 aliphatic heterocycles. The van der Waals surface area contributed by atoms with Gasteiger partial charge in [0.2, 0.25) is 0 Å². The normalized spacial score (nSPS) is 14.0. The van der Waals surface area contributed by atoms with E-state index in [-0.39, 0.29) is 6.03 Å². The highest BCUT2D eigenvalue weighted by atomic mass is 35.5. The molecule has 0 unspecified atom stereocenters. The van der Waals surface area contributed by atoms with Gasteiger partial charge in [0, 0.05) is 5.92 Å². The number of H-pyrrole nitrogens is 1. The maximum atomic E-state index is 12.0. The maximum absolute atomic E-state index is 12.0. The van der Waals surface area contributed by atoms with E-state index in [4.69, 9.17) is 11.6 Å². The first-order chi connectivity index (χ1) is 10.2. The molecule has 2 aromatic rings. The molecule has 2 aromatic heterocycles. The second-order valence-corrected chi connectivity index (χ2v) is 5.41. The number of urea groups is 1. The van der Waals surface area contributed by atoms with E-state index in [1.165, 1.54) is 0 Å². The van der Waals surface area contributed by atoms with Crippen molar-refractivity contribution in [3.05, 3.63) is 34.7 Å². The van der Waals surface area contributed by atoms with Crippen LogP contribution in [0.25, 0.3) is 0 Å². The average molecular weight is 306 g/mol. The van der Waals surface area contributed by atoms with Crippen molar-refractivity contribution < 1.29 is 4.79 Å². The van der Waals surface area contributed by atoms with Gasteiger partial charge in [-0.1, -0.05) is 24.6 Å². The van der Waals surface area contributed by atoms with E-state index in [2.05, 4.69) is 25.8 Å². The summed E-state index contributed by atoms with van der Waals surface area (Å²) < 4.78 is 0. The van der Waals surface area contributed by atoms with Crippen LogP contribution < -0.4 is 10.6 Å². The van der Waals surface area contributed by atoms with Gasteiger partial charge >= 0.3 is 6.03 Å². The molecule has 1 aliphatic carbocycles. The SMILES string of the molecule is CCc1ccc(NC(=O)Nc2cn[nH]c2C2CC2)nc1Cl. The third-order valence-electron chi connectivity index (χ3n) is 3.45. The summed E-state index contributed by atoms with van der Waals surface area (Å²) in [6.07, 6.45) is 4.69. The van der Waals surface area contributed by atoms with Crippen molar-refractivity contribution >= 4 is 29.1 Å². The van der Waals surface area contributed by atoms with E-state index >= 15 is 0 Å².